The SMILES string of the molecule is [CH2]CCCC[CH]N. The predicted octanol–water partition coefficient (Wildman–Crippen LogP) is 1.50. The minimum absolute atomic E-state index is 1.04. The molecule has 0 atom stereocenters. The van der Waals surface area contributed by atoms with E-state index in [0.29, 0.717) is 0 Å². The van der Waals surface area contributed by atoms with Crippen molar-refractivity contribution in [3.8, 4) is 0 Å². The number of rotatable bonds is 4. The van der Waals surface area contributed by atoms with E-state index in [2.05, 4.69) is 6.92 Å². The minimum atomic E-state index is 1.04. The summed E-state index contributed by atoms with van der Waals surface area (Å²) in [7, 11) is 0. The Labute approximate surface area is 45.9 Å². The Hall–Kier alpha value is -0.0400. The van der Waals surface area contributed by atoms with Gasteiger partial charge in [-0.15, -0.1) is 0 Å². The zero-order chi connectivity index (χ0) is 5.54. The van der Waals surface area contributed by atoms with Gasteiger partial charge in [-0.25, -0.2) is 0 Å². The van der Waals surface area contributed by atoms with Crippen molar-refractivity contribution in [2.75, 3.05) is 0 Å². The molecule has 0 aliphatic rings. The van der Waals surface area contributed by atoms with Crippen LogP contribution in [0.2, 0.25) is 0 Å². The largest absolute Gasteiger partial charge is 0.326 e. The minimum Gasteiger partial charge on any atom is -0.326 e. The Morgan fingerprint density at radius 1 is 1.43 bits per heavy atom. The van der Waals surface area contributed by atoms with E-state index in [9.17, 15) is 0 Å². The van der Waals surface area contributed by atoms with Crippen molar-refractivity contribution >= 4 is 0 Å². The maximum Gasteiger partial charge on any atom is 0.0192 e. The molecule has 0 spiro atoms. The van der Waals surface area contributed by atoms with Crippen LogP contribution >= 0.6 is 0 Å². The Morgan fingerprint density at radius 2 is 2.14 bits per heavy atom. The summed E-state index contributed by atoms with van der Waals surface area (Å²) in [5.74, 6) is 0. The summed E-state index contributed by atoms with van der Waals surface area (Å²) in [6.45, 7) is 5.41. The average molecular weight is 99.2 g/mol. The molecule has 0 bridgehead atoms. The fraction of sp³-hybridized carbons (Fsp3) is 0.667. The Balaban J connectivity index is 2.45. The fourth-order valence-electron chi connectivity index (χ4n) is 0.439. The molecule has 0 amide bonds. The lowest BCUT2D eigenvalue weighted by Gasteiger charge is -1.90. The molecular weight excluding hydrogens is 86.1 g/mol. The second-order valence-corrected chi connectivity index (χ2v) is 1.59. The smallest absolute Gasteiger partial charge is 0.0192 e. The van der Waals surface area contributed by atoms with Crippen LogP contribution < -0.4 is 5.73 Å². The normalized spacial score (nSPS) is 9.43. The topological polar surface area (TPSA) is 26.0 Å². The number of unbranched alkanes of at least 4 members (excludes halogenated alkanes) is 3. The van der Waals surface area contributed by atoms with Gasteiger partial charge in [0.15, 0.2) is 0 Å². The van der Waals surface area contributed by atoms with Crippen molar-refractivity contribution in [1.82, 2.24) is 0 Å². The summed E-state index contributed by atoms with van der Waals surface area (Å²) in [6, 6.07) is 0. The first-order valence-electron chi connectivity index (χ1n) is 2.74. The monoisotopic (exact) mass is 99.1 g/mol. The van der Waals surface area contributed by atoms with Gasteiger partial charge in [0, 0.05) is 6.54 Å². The van der Waals surface area contributed by atoms with Crippen LogP contribution in [0.3, 0.4) is 0 Å². The van der Waals surface area contributed by atoms with Gasteiger partial charge in [0.2, 0.25) is 0 Å². The summed E-state index contributed by atoms with van der Waals surface area (Å²) in [6.07, 6.45) is 4.47. The van der Waals surface area contributed by atoms with Gasteiger partial charge in [0.1, 0.15) is 0 Å². The molecule has 0 unspecified atom stereocenters. The first-order chi connectivity index (χ1) is 3.41. The number of nitrogens with two attached hydrogens (primary N) is 1. The molecule has 1 heteroatoms. The molecular formula is C6H13N. The summed E-state index contributed by atoms with van der Waals surface area (Å²) in [4.78, 5) is 0. The lowest BCUT2D eigenvalue weighted by Crippen LogP contribution is -1.88. The second kappa shape index (κ2) is 5.96. The molecule has 2 radical (unpaired) electrons. The molecule has 0 aromatic heterocycles. The van der Waals surface area contributed by atoms with Gasteiger partial charge in [-0.1, -0.05) is 26.2 Å². The van der Waals surface area contributed by atoms with E-state index in [1.165, 1.54) is 12.8 Å². The highest BCUT2D eigenvalue weighted by atomic mass is 14.5. The van der Waals surface area contributed by atoms with Crippen molar-refractivity contribution < 1.29 is 0 Å². The van der Waals surface area contributed by atoms with Crippen LogP contribution in [0.4, 0.5) is 0 Å². The van der Waals surface area contributed by atoms with E-state index in [1.807, 2.05) is 0 Å². The summed E-state index contributed by atoms with van der Waals surface area (Å²) >= 11 is 0. The van der Waals surface area contributed by atoms with Crippen molar-refractivity contribution in [2.24, 2.45) is 5.73 Å². The number of hydrogen-bond acceptors (Lipinski definition) is 1. The zero-order valence-electron chi connectivity index (χ0n) is 4.69. The molecule has 0 rings (SSSR count). The maximum atomic E-state index is 5.12. The molecule has 1 nitrogen and oxygen atoms in total. The Morgan fingerprint density at radius 3 is 2.57 bits per heavy atom. The summed E-state index contributed by atoms with van der Waals surface area (Å²) < 4.78 is 0. The molecule has 2 N–H and O–H groups in total. The van der Waals surface area contributed by atoms with Gasteiger partial charge in [-0.2, -0.15) is 0 Å². The van der Waals surface area contributed by atoms with Crippen molar-refractivity contribution in [1.29, 1.82) is 0 Å². The van der Waals surface area contributed by atoms with Gasteiger partial charge in [0.05, 0.1) is 0 Å². The first kappa shape index (κ1) is 6.96. The van der Waals surface area contributed by atoms with E-state index in [0.717, 1.165) is 12.8 Å². The molecule has 7 heavy (non-hydrogen) atoms. The van der Waals surface area contributed by atoms with Gasteiger partial charge in [0.25, 0.3) is 0 Å². The van der Waals surface area contributed by atoms with E-state index in [1.54, 1.807) is 6.54 Å². The average Bonchev–Trinajstić information content (AvgIpc) is 1.69. The third-order valence-electron chi connectivity index (χ3n) is 0.871. The molecule has 42 valence electrons. The van der Waals surface area contributed by atoms with Crippen molar-refractivity contribution in [2.45, 2.75) is 25.7 Å². The summed E-state index contributed by atoms with van der Waals surface area (Å²) in [5, 5.41) is 0. The Bertz CT molecular complexity index is 23.4. The van der Waals surface area contributed by atoms with Crippen molar-refractivity contribution in [3.63, 3.8) is 0 Å². The van der Waals surface area contributed by atoms with E-state index < -0.39 is 0 Å². The first-order valence-corrected chi connectivity index (χ1v) is 2.74. The molecule has 0 heterocycles. The third-order valence-corrected chi connectivity index (χ3v) is 0.871. The third kappa shape index (κ3) is 5.96. The lowest BCUT2D eigenvalue weighted by molar-refractivity contribution is 0.733. The van der Waals surface area contributed by atoms with Crippen LogP contribution in [0, 0.1) is 13.5 Å². The van der Waals surface area contributed by atoms with E-state index in [-0.39, 0.29) is 0 Å². The van der Waals surface area contributed by atoms with Gasteiger partial charge >= 0.3 is 0 Å². The quantitative estimate of drug-likeness (QED) is 0.531. The van der Waals surface area contributed by atoms with Gasteiger partial charge in [-0.05, 0) is 6.42 Å². The zero-order valence-corrected chi connectivity index (χ0v) is 4.69. The molecule has 0 aromatic carbocycles. The standard InChI is InChI=1S/C6H13N/c1-2-3-4-5-6-7/h6H,1-5,7H2. The van der Waals surface area contributed by atoms with Crippen LogP contribution in [0.25, 0.3) is 0 Å². The summed E-state index contributed by atoms with van der Waals surface area (Å²) in [5.41, 5.74) is 5.12. The van der Waals surface area contributed by atoms with E-state index >= 15 is 0 Å². The maximum absolute atomic E-state index is 5.12. The molecule has 0 aromatic rings. The molecule has 0 aliphatic carbocycles. The van der Waals surface area contributed by atoms with Crippen LogP contribution in [0.5, 0.6) is 0 Å². The lowest BCUT2D eigenvalue weighted by atomic mass is 10.2. The van der Waals surface area contributed by atoms with Crippen LogP contribution in [0.1, 0.15) is 25.7 Å². The molecule has 0 fully saturated rings. The highest BCUT2D eigenvalue weighted by Gasteiger charge is 1.80. The van der Waals surface area contributed by atoms with Crippen LogP contribution in [0.15, 0.2) is 0 Å². The van der Waals surface area contributed by atoms with E-state index in [4.69, 9.17) is 5.73 Å². The van der Waals surface area contributed by atoms with Gasteiger partial charge in [-0.3, -0.25) is 0 Å². The predicted molar refractivity (Wildman–Crippen MR) is 32.3 cm³/mol. The Kier molecular flexibility index (Phi) is 5.93. The van der Waals surface area contributed by atoms with Gasteiger partial charge < -0.3 is 5.73 Å². The highest BCUT2D eigenvalue weighted by molar-refractivity contribution is 4.53. The molecule has 0 aliphatic heterocycles. The number of hydrogen-bond donors (Lipinski definition) is 1. The second-order valence-electron chi connectivity index (χ2n) is 1.59. The highest BCUT2D eigenvalue weighted by Crippen LogP contribution is 1.96. The van der Waals surface area contributed by atoms with Crippen LogP contribution in [-0.4, -0.2) is 0 Å². The van der Waals surface area contributed by atoms with Crippen molar-refractivity contribution in [3.05, 3.63) is 13.5 Å². The molecule has 0 saturated carbocycles. The van der Waals surface area contributed by atoms with Crippen LogP contribution in [-0.2, 0) is 0 Å². The fourth-order valence-corrected chi connectivity index (χ4v) is 0.439. The molecule has 0 saturated heterocycles.